The van der Waals surface area contributed by atoms with E-state index in [1.165, 1.54) is 12.3 Å². The number of pyridine rings is 1. The van der Waals surface area contributed by atoms with Crippen molar-refractivity contribution in [2.75, 3.05) is 0 Å². The van der Waals surface area contributed by atoms with Crippen molar-refractivity contribution < 1.29 is 17.9 Å². The molecule has 0 aliphatic carbocycles. The standard InChI is InChI=1S/C10H13F3N2O/c1-6(14)9-4-3-8(5-15-9)16-7(2)10(11,12)13/h3-7H,14H2,1-2H3/t6-,7?/m0/s1. The quantitative estimate of drug-likeness (QED) is 0.873. The first-order valence-corrected chi connectivity index (χ1v) is 4.75. The van der Waals surface area contributed by atoms with Gasteiger partial charge in [0.05, 0.1) is 11.9 Å². The minimum atomic E-state index is -4.38. The molecular formula is C10H13F3N2O. The van der Waals surface area contributed by atoms with E-state index in [9.17, 15) is 13.2 Å². The van der Waals surface area contributed by atoms with Gasteiger partial charge in [-0.1, -0.05) is 0 Å². The average molecular weight is 234 g/mol. The molecule has 0 aromatic carbocycles. The van der Waals surface area contributed by atoms with E-state index in [4.69, 9.17) is 5.73 Å². The zero-order chi connectivity index (χ0) is 12.3. The van der Waals surface area contributed by atoms with Crippen molar-refractivity contribution in [2.45, 2.75) is 32.2 Å². The van der Waals surface area contributed by atoms with Gasteiger partial charge in [0.2, 0.25) is 0 Å². The molecule has 1 heterocycles. The number of ether oxygens (including phenoxy) is 1. The first-order valence-electron chi connectivity index (χ1n) is 4.75. The van der Waals surface area contributed by atoms with E-state index in [0.29, 0.717) is 5.69 Å². The van der Waals surface area contributed by atoms with E-state index < -0.39 is 12.3 Å². The van der Waals surface area contributed by atoms with Crippen LogP contribution in [0.1, 0.15) is 25.6 Å². The second-order valence-corrected chi connectivity index (χ2v) is 3.51. The lowest BCUT2D eigenvalue weighted by atomic mass is 10.2. The predicted molar refractivity (Wildman–Crippen MR) is 53.0 cm³/mol. The van der Waals surface area contributed by atoms with Gasteiger partial charge in [-0.2, -0.15) is 13.2 Å². The number of nitrogens with two attached hydrogens (primary N) is 1. The fraction of sp³-hybridized carbons (Fsp3) is 0.500. The Kier molecular flexibility index (Phi) is 3.74. The molecule has 0 spiro atoms. The van der Waals surface area contributed by atoms with Gasteiger partial charge in [-0.15, -0.1) is 0 Å². The molecule has 0 bridgehead atoms. The van der Waals surface area contributed by atoms with Crippen LogP contribution in [0.2, 0.25) is 0 Å². The molecule has 3 nitrogen and oxygen atoms in total. The first-order chi connectivity index (χ1) is 7.30. The average Bonchev–Trinajstić information content (AvgIpc) is 2.17. The van der Waals surface area contributed by atoms with E-state index >= 15 is 0 Å². The Bertz CT molecular complexity index is 335. The normalized spacial score (nSPS) is 15.6. The third kappa shape index (κ3) is 3.37. The number of hydrogen-bond acceptors (Lipinski definition) is 3. The summed E-state index contributed by atoms with van der Waals surface area (Å²) in [4.78, 5) is 3.90. The molecule has 0 radical (unpaired) electrons. The van der Waals surface area contributed by atoms with Gasteiger partial charge in [0.1, 0.15) is 5.75 Å². The summed E-state index contributed by atoms with van der Waals surface area (Å²) < 4.78 is 41.2. The van der Waals surface area contributed by atoms with Crippen LogP contribution in [0.4, 0.5) is 13.2 Å². The van der Waals surface area contributed by atoms with Crippen LogP contribution in [-0.4, -0.2) is 17.3 Å². The summed E-state index contributed by atoms with van der Waals surface area (Å²) in [6.07, 6.45) is -4.99. The third-order valence-electron chi connectivity index (χ3n) is 2.00. The predicted octanol–water partition coefficient (Wildman–Crippen LogP) is 2.43. The lowest BCUT2D eigenvalue weighted by molar-refractivity contribution is -0.189. The topological polar surface area (TPSA) is 48.1 Å². The largest absolute Gasteiger partial charge is 0.480 e. The molecule has 0 saturated heterocycles. The van der Waals surface area contributed by atoms with Crippen LogP contribution in [0.3, 0.4) is 0 Å². The van der Waals surface area contributed by atoms with Crippen LogP contribution >= 0.6 is 0 Å². The molecule has 0 aliphatic rings. The molecule has 1 aromatic heterocycles. The van der Waals surface area contributed by atoms with Crippen LogP contribution < -0.4 is 10.5 Å². The maximum atomic E-state index is 12.2. The first kappa shape index (κ1) is 12.8. The zero-order valence-corrected chi connectivity index (χ0v) is 8.95. The molecule has 0 saturated carbocycles. The van der Waals surface area contributed by atoms with Crippen LogP contribution in [0.25, 0.3) is 0 Å². The highest BCUT2D eigenvalue weighted by molar-refractivity contribution is 5.21. The summed E-state index contributed by atoms with van der Waals surface area (Å²) in [5.74, 6) is 0.0780. The molecule has 90 valence electrons. The lowest BCUT2D eigenvalue weighted by Gasteiger charge is -2.17. The summed E-state index contributed by atoms with van der Waals surface area (Å²) in [5, 5.41) is 0. The monoisotopic (exact) mass is 234 g/mol. The SMILES string of the molecule is CC(Oc1ccc([C@H](C)N)nc1)C(F)(F)F. The van der Waals surface area contributed by atoms with E-state index in [1.807, 2.05) is 0 Å². The van der Waals surface area contributed by atoms with E-state index in [2.05, 4.69) is 9.72 Å². The summed E-state index contributed by atoms with van der Waals surface area (Å²) in [6, 6.07) is 2.71. The molecular weight excluding hydrogens is 221 g/mol. The molecule has 1 aromatic rings. The number of rotatable bonds is 3. The fourth-order valence-corrected chi connectivity index (χ4v) is 1.00. The molecule has 0 aliphatic heterocycles. The molecule has 6 heteroatoms. The Hall–Kier alpha value is -1.30. The number of halogens is 3. The van der Waals surface area contributed by atoms with E-state index in [1.54, 1.807) is 13.0 Å². The number of aromatic nitrogens is 1. The molecule has 1 rings (SSSR count). The van der Waals surface area contributed by atoms with Crippen molar-refractivity contribution in [3.63, 3.8) is 0 Å². The van der Waals surface area contributed by atoms with E-state index in [-0.39, 0.29) is 11.8 Å². The maximum absolute atomic E-state index is 12.2. The van der Waals surface area contributed by atoms with Crippen molar-refractivity contribution >= 4 is 0 Å². The Balaban J connectivity index is 2.69. The molecule has 1 unspecified atom stereocenters. The van der Waals surface area contributed by atoms with Crippen LogP contribution in [0.15, 0.2) is 18.3 Å². The highest BCUT2D eigenvalue weighted by Crippen LogP contribution is 2.24. The van der Waals surface area contributed by atoms with Crippen LogP contribution in [-0.2, 0) is 0 Å². The Labute approximate surface area is 91.4 Å². The smallest absolute Gasteiger partial charge is 0.425 e. The van der Waals surface area contributed by atoms with Gasteiger partial charge in [-0.25, -0.2) is 0 Å². The number of alkyl halides is 3. The minimum Gasteiger partial charge on any atom is -0.480 e. The van der Waals surface area contributed by atoms with Crippen molar-refractivity contribution in [1.82, 2.24) is 4.98 Å². The van der Waals surface area contributed by atoms with Gasteiger partial charge >= 0.3 is 6.18 Å². The summed E-state index contributed by atoms with van der Waals surface area (Å²) in [7, 11) is 0. The summed E-state index contributed by atoms with van der Waals surface area (Å²) >= 11 is 0. The van der Waals surface area contributed by atoms with Gasteiger partial charge in [-0.05, 0) is 26.0 Å². The highest BCUT2D eigenvalue weighted by Gasteiger charge is 2.38. The lowest BCUT2D eigenvalue weighted by Crippen LogP contribution is -2.31. The maximum Gasteiger partial charge on any atom is 0.425 e. The number of hydrogen-bond donors (Lipinski definition) is 1. The molecule has 2 atom stereocenters. The summed E-state index contributed by atoms with van der Waals surface area (Å²) in [5.41, 5.74) is 6.15. The molecule has 0 fully saturated rings. The second-order valence-electron chi connectivity index (χ2n) is 3.51. The Morgan fingerprint density at radius 2 is 1.94 bits per heavy atom. The van der Waals surface area contributed by atoms with Gasteiger partial charge in [0, 0.05) is 6.04 Å². The molecule has 2 N–H and O–H groups in total. The van der Waals surface area contributed by atoms with Crippen molar-refractivity contribution in [2.24, 2.45) is 5.73 Å². The second kappa shape index (κ2) is 4.69. The van der Waals surface area contributed by atoms with Gasteiger partial charge < -0.3 is 10.5 Å². The van der Waals surface area contributed by atoms with Crippen molar-refractivity contribution in [1.29, 1.82) is 0 Å². The van der Waals surface area contributed by atoms with Crippen molar-refractivity contribution in [3.05, 3.63) is 24.0 Å². The van der Waals surface area contributed by atoms with Gasteiger partial charge in [-0.3, -0.25) is 4.98 Å². The molecule has 0 amide bonds. The zero-order valence-electron chi connectivity index (χ0n) is 8.95. The third-order valence-corrected chi connectivity index (χ3v) is 2.00. The van der Waals surface area contributed by atoms with Crippen LogP contribution in [0, 0.1) is 0 Å². The Morgan fingerprint density at radius 3 is 2.31 bits per heavy atom. The molecule has 16 heavy (non-hydrogen) atoms. The Morgan fingerprint density at radius 1 is 1.31 bits per heavy atom. The van der Waals surface area contributed by atoms with Gasteiger partial charge in [0.25, 0.3) is 0 Å². The van der Waals surface area contributed by atoms with Gasteiger partial charge in [0.15, 0.2) is 6.10 Å². The summed E-state index contributed by atoms with van der Waals surface area (Å²) in [6.45, 7) is 2.68. The highest BCUT2D eigenvalue weighted by atomic mass is 19.4. The number of nitrogens with zero attached hydrogens (tertiary/aromatic N) is 1. The van der Waals surface area contributed by atoms with Crippen LogP contribution in [0.5, 0.6) is 5.75 Å². The van der Waals surface area contributed by atoms with Crippen molar-refractivity contribution in [3.8, 4) is 5.75 Å². The minimum absolute atomic E-state index is 0.0780. The fourth-order valence-electron chi connectivity index (χ4n) is 1.00. The van der Waals surface area contributed by atoms with E-state index in [0.717, 1.165) is 6.92 Å².